The average molecular weight is 296 g/mol. The molecule has 120 valence electrons. The summed E-state index contributed by atoms with van der Waals surface area (Å²) < 4.78 is 0. The Morgan fingerprint density at radius 1 is 0.636 bits per heavy atom. The van der Waals surface area contributed by atoms with Gasteiger partial charge in [0, 0.05) is 0 Å². The van der Waals surface area contributed by atoms with E-state index in [9.17, 15) is 0 Å². The van der Waals surface area contributed by atoms with Gasteiger partial charge in [-0.1, -0.05) is 77.6 Å². The summed E-state index contributed by atoms with van der Waals surface area (Å²) in [4.78, 5) is 0. The number of rotatable bonds is 8. The predicted octanol–water partition coefficient (Wildman–Crippen LogP) is 6.65. The largest absolute Gasteiger partial charge is 0.0651 e. The Labute approximate surface area is 136 Å². The fraction of sp³-hybridized carbons (Fsp3) is 0.545. The van der Waals surface area contributed by atoms with Gasteiger partial charge in [0.15, 0.2) is 0 Å². The first kappa shape index (κ1) is 17.1. The fourth-order valence-electron chi connectivity index (χ4n) is 3.79. The molecule has 2 aromatic carbocycles. The van der Waals surface area contributed by atoms with Gasteiger partial charge in [0.2, 0.25) is 0 Å². The first-order valence-electron chi connectivity index (χ1n) is 9.31. The molecule has 0 atom stereocenters. The molecule has 2 aromatic rings. The summed E-state index contributed by atoms with van der Waals surface area (Å²) in [6, 6.07) is 9.41. The van der Waals surface area contributed by atoms with E-state index in [1.54, 1.807) is 27.6 Å². The van der Waals surface area contributed by atoms with E-state index in [2.05, 4.69) is 52.0 Å². The van der Waals surface area contributed by atoms with Crippen LogP contribution in [0.5, 0.6) is 0 Å². The van der Waals surface area contributed by atoms with Gasteiger partial charge in [-0.05, 0) is 58.7 Å². The molecule has 22 heavy (non-hydrogen) atoms. The molecule has 0 unspecified atom stereocenters. The Balaban J connectivity index is 2.75. The summed E-state index contributed by atoms with van der Waals surface area (Å²) in [5.41, 5.74) is 6.49. The minimum atomic E-state index is 1.20. The van der Waals surface area contributed by atoms with Gasteiger partial charge in [-0.2, -0.15) is 0 Å². The van der Waals surface area contributed by atoms with Gasteiger partial charge in [-0.3, -0.25) is 0 Å². The summed E-state index contributed by atoms with van der Waals surface area (Å²) in [6.07, 6.45) is 9.83. The van der Waals surface area contributed by atoms with Gasteiger partial charge >= 0.3 is 0 Å². The molecule has 0 aliphatic rings. The van der Waals surface area contributed by atoms with Crippen molar-refractivity contribution in [3.8, 4) is 0 Å². The van der Waals surface area contributed by atoms with Crippen molar-refractivity contribution < 1.29 is 0 Å². The third-order valence-corrected chi connectivity index (χ3v) is 4.61. The van der Waals surface area contributed by atoms with Crippen molar-refractivity contribution >= 4 is 10.8 Å². The van der Waals surface area contributed by atoms with Crippen LogP contribution in [-0.2, 0) is 25.7 Å². The molecule has 2 rings (SSSR count). The van der Waals surface area contributed by atoms with E-state index < -0.39 is 0 Å². The van der Waals surface area contributed by atoms with Crippen LogP contribution in [0.4, 0.5) is 0 Å². The highest BCUT2D eigenvalue weighted by atomic mass is 14.2. The lowest BCUT2D eigenvalue weighted by atomic mass is 9.85. The average Bonchev–Trinajstić information content (AvgIpc) is 2.51. The molecule has 0 aliphatic heterocycles. The minimum Gasteiger partial charge on any atom is -0.0651 e. The summed E-state index contributed by atoms with van der Waals surface area (Å²) in [5.74, 6) is 0. The SMILES string of the molecule is CCCc1cc2cccc(CCC)c2c(CCC)c1CCC. The van der Waals surface area contributed by atoms with Gasteiger partial charge in [0.25, 0.3) is 0 Å². The zero-order valence-electron chi connectivity index (χ0n) is 15.0. The second-order valence-electron chi connectivity index (χ2n) is 6.51. The lowest BCUT2D eigenvalue weighted by Crippen LogP contribution is -2.04. The summed E-state index contributed by atoms with van der Waals surface area (Å²) >= 11 is 0. The normalized spacial score (nSPS) is 11.3. The van der Waals surface area contributed by atoms with Crippen molar-refractivity contribution in [2.24, 2.45) is 0 Å². The van der Waals surface area contributed by atoms with Crippen molar-refractivity contribution in [3.63, 3.8) is 0 Å². The highest BCUT2D eigenvalue weighted by Crippen LogP contribution is 2.32. The number of fused-ring (bicyclic) bond motifs is 1. The van der Waals surface area contributed by atoms with E-state index in [4.69, 9.17) is 0 Å². The molecule has 0 radical (unpaired) electrons. The van der Waals surface area contributed by atoms with E-state index >= 15 is 0 Å². The topological polar surface area (TPSA) is 0 Å². The van der Waals surface area contributed by atoms with Crippen LogP contribution in [-0.4, -0.2) is 0 Å². The minimum absolute atomic E-state index is 1.20. The van der Waals surface area contributed by atoms with Crippen LogP contribution in [0.25, 0.3) is 10.8 Å². The standard InChI is InChI=1S/C22H32/c1-5-10-17-14-9-15-19-16-18(11-6-2)20(12-7-3)21(13-8-4)22(17)19/h9,14-16H,5-8,10-13H2,1-4H3. The van der Waals surface area contributed by atoms with E-state index in [1.165, 1.54) is 56.8 Å². The van der Waals surface area contributed by atoms with Gasteiger partial charge in [-0.15, -0.1) is 0 Å². The molecule has 0 aromatic heterocycles. The quantitative estimate of drug-likeness (QED) is 0.511. The molecule has 0 bridgehead atoms. The van der Waals surface area contributed by atoms with Crippen molar-refractivity contribution in [2.75, 3.05) is 0 Å². The maximum Gasteiger partial charge on any atom is -0.0117 e. The number of hydrogen-bond acceptors (Lipinski definition) is 0. The Kier molecular flexibility index (Phi) is 6.49. The van der Waals surface area contributed by atoms with Crippen molar-refractivity contribution in [1.82, 2.24) is 0 Å². The lowest BCUT2D eigenvalue weighted by Gasteiger charge is -2.20. The Morgan fingerprint density at radius 3 is 1.86 bits per heavy atom. The molecule has 0 amide bonds. The van der Waals surface area contributed by atoms with E-state index in [1.807, 2.05) is 0 Å². The maximum atomic E-state index is 2.49. The molecule has 0 heterocycles. The van der Waals surface area contributed by atoms with E-state index in [0.717, 1.165) is 0 Å². The fourth-order valence-corrected chi connectivity index (χ4v) is 3.79. The summed E-state index contributed by atoms with van der Waals surface area (Å²) in [6.45, 7) is 9.22. The molecular weight excluding hydrogens is 264 g/mol. The number of hydrogen-bond donors (Lipinski definition) is 0. The zero-order valence-corrected chi connectivity index (χ0v) is 15.0. The van der Waals surface area contributed by atoms with Crippen LogP contribution in [0.1, 0.15) is 75.6 Å². The number of aryl methyl sites for hydroxylation is 3. The van der Waals surface area contributed by atoms with Crippen molar-refractivity contribution in [3.05, 3.63) is 46.5 Å². The summed E-state index contributed by atoms with van der Waals surface area (Å²) in [5, 5.41) is 3.05. The van der Waals surface area contributed by atoms with Gasteiger partial charge in [0.05, 0.1) is 0 Å². The van der Waals surface area contributed by atoms with Crippen molar-refractivity contribution in [2.45, 2.75) is 79.1 Å². The first-order chi connectivity index (χ1) is 10.8. The van der Waals surface area contributed by atoms with E-state index in [0.29, 0.717) is 0 Å². The smallest absolute Gasteiger partial charge is 0.0117 e. The maximum absolute atomic E-state index is 2.49. The third kappa shape index (κ3) is 3.54. The van der Waals surface area contributed by atoms with Crippen LogP contribution in [0, 0.1) is 0 Å². The highest BCUT2D eigenvalue weighted by molar-refractivity contribution is 5.91. The molecular formula is C22H32. The zero-order chi connectivity index (χ0) is 15.9. The van der Waals surface area contributed by atoms with Gasteiger partial charge < -0.3 is 0 Å². The van der Waals surface area contributed by atoms with Crippen LogP contribution < -0.4 is 0 Å². The van der Waals surface area contributed by atoms with Crippen LogP contribution in [0.15, 0.2) is 24.3 Å². The summed E-state index contributed by atoms with van der Waals surface area (Å²) in [7, 11) is 0. The Hall–Kier alpha value is -1.30. The van der Waals surface area contributed by atoms with Crippen molar-refractivity contribution in [1.29, 1.82) is 0 Å². The molecule has 0 aliphatic carbocycles. The lowest BCUT2D eigenvalue weighted by molar-refractivity contribution is 0.830. The molecule has 0 heteroatoms. The molecule has 0 N–H and O–H groups in total. The molecule has 0 saturated heterocycles. The molecule has 0 fully saturated rings. The first-order valence-corrected chi connectivity index (χ1v) is 9.31. The Morgan fingerprint density at radius 2 is 1.23 bits per heavy atom. The number of benzene rings is 2. The van der Waals surface area contributed by atoms with Crippen LogP contribution in [0.2, 0.25) is 0 Å². The van der Waals surface area contributed by atoms with Gasteiger partial charge in [0.1, 0.15) is 0 Å². The molecule has 0 spiro atoms. The predicted molar refractivity (Wildman–Crippen MR) is 99.9 cm³/mol. The monoisotopic (exact) mass is 296 g/mol. The van der Waals surface area contributed by atoms with E-state index in [-0.39, 0.29) is 0 Å². The van der Waals surface area contributed by atoms with Gasteiger partial charge in [-0.25, -0.2) is 0 Å². The Bertz CT molecular complexity index is 607. The second-order valence-corrected chi connectivity index (χ2v) is 6.51. The van der Waals surface area contributed by atoms with Crippen LogP contribution in [0.3, 0.4) is 0 Å². The third-order valence-electron chi connectivity index (χ3n) is 4.61. The second kappa shape index (κ2) is 8.36. The molecule has 0 saturated carbocycles. The van der Waals surface area contributed by atoms with Crippen LogP contribution >= 0.6 is 0 Å². The molecule has 0 nitrogen and oxygen atoms in total. The highest BCUT2D eigenvalue weighted by Gasteiger charge is 2.14.